The number of hydrogen-bond donors (Lipinski definition) is 0. The number of hydrogen-bond acceptors (Lipinski definition) is 2. The summed E-state index contributed by atoms with van der Waals surface area (Å²) in [5.41, 5.74) is 0. The Labute approximate surface area is 71.9 Å². The molecule has 64 valence electrons. The topological polar surface area (TPSA) is 23.6 Å². The number of nitrogens with zero attached hydrogens (tertiary/aromatic N) is 2. The van der Waals surface area contributed by atoms with Crippen LogP contribution >= 0.6 is 11.6 Å². The van der Waals surface area contributed by atoms with Gasteiger partial charge in [0, 0.05) is 25.6 Å². The van der Waals surface area contributed by atoms with Gasteiger partial charge in [-0.3, -0.25) is 4.79 Å². The van der Waals surface area contributed by atoms with Gasteiger partial charge in [-0.2, -0.15) is 0 Å². The fourth-order valence-electron chi connectivity index (χ4n) is 1.35. The molecule has 11 heavy (non-hydrogen) atoms. The summed E-state index contributed by atoms with van der Waals surface area (Å²) >= 11 is 5.25. The number of carbonyl (C=O) groups excluding carboxylic acids is 1. The van der Waals surface area contributed by atoms with Crippen LogP contribution in [0.2, 0.25) is 0 Å². The Morgan fingerprint density at radius 1 is 1.64 bits per heavy atom. The Morgan fingerprint density at radius 2 is 2.18 bits per heavy atom. The number of halogens is 1. The Kier molecular flexibility index (Phi) is 2.73. The molecule has 0 aromatic carbocycles. The molecule has 0 saturated carbocycles. The molecular formula is C7H13ClN2O. The van der Waals surface area contributed by atoms with Crippen molar-refractivity contribution in [2.75, 3.05) is 33.7 Å². The van der Waals surface area contributed by atoms with Crippen molar-refractivity contribution in [3.63, 3.8) is 0 Å². The van der Waals surface area contributed by atoms with E-state index in [1.54, 1.807) is 4.90 Å². The van der Waals surface area contributed by atoms with E-state index in [1.165, 1.54) is 0 Å². The van der Waals surface area contributed by atoms with E-state index in [0.717, 1.165) is 19.6 Å². The van der Waals surface area contributed by atoms with E-state index >= 15 is 0 Å². The van der Waals surface area contributed by atoms with Crippen LogP contribution in [0.4, 0.5) is 4.79 Å². The predicted molar refractivity (Wildman–Crippen MR) is 44.9 cm³/mol. The first-order chi connectivity index (χ1) is 5.09. The monoisotopic (exact) mass is 176 g/mol. The molecule has 0 atom stereocenters. The lowest BCUT2D eigenvalue weighted by molar-refractivity contribution is 0.118. The van der Waals surface area contributed by atoms with Gasteiger partial charge in [0.25, 0.3) is 0 Å². The Bertz CT molecular complexity index is 155. The molecule has 0 radical (unpaired) electrons. The second-order valence-corrected chi connectivity index (χ2v) is 3.61. The van der Waals surface area contributed by atoms with Crippen LogP contribution in [0.5, 0.6) is 0 Å². The lowest BCUT2D eigenvalue weighted by Crippen LogP contribution is -2.51. The maximum Gasteiger partial charge on any atom is 0.316 e. The maximum absolute atomic E-state index is 10.5. The first kappa shape index (κ1) is 8.81. The van der Waals surface area contributed by atoms with E-state index in [-0.39, 0.29) is 5.37 Å². The van der Waals surface area contributed by atoms with Gasteiger partial charge in [0.1, 0.15) is 0 Å². The molecule has 0 aliphatic carbocycles. The molecule has 0 unspecified atom stereocenters. The standard InChI is InChI=1S/C7H13ClN2O/c1-9(2)3-6-4-10(5-6)7(8)11/h6H,3-5H2,1-2H3. The van der Waals surface area contributed by atoms with E-state index in [1.807, 2.05) is 14.1 Å². The molecule has 0 aromatic heterocycles. The van der Waals surface area contributed by atoms with Gasteiger partial charge in [0.15, 0.2) is 0 Å². The molecule has 1 aliphatic heterocycles. The zero-order chi connectivity index (χ0) is 8.43. The van der Waals surface area contributed by atoms with E-state index in [2.05, 4.69) is 4.90 Å². The molecule has 1 aliphatic rings. The van der Waals surface area contributed by atoms with Crippen molar-refractivity contribution in [1.29, 1.82) is 0 Å². The van der Waals surface area contributed by atoms with Crippen LogP contribution in [0, 0.1) is 5.92 Å². The zero-order valence-corrected chi connectivity index (χ0v) is 7.64. The van der Waals surface area contributed by atoms with Crippen LogP contribution in [0.1, 0.15) is 0 Å². The number of carbonyl (C=O) groups is 1. The predicted octanol–water partition coefficient (Wildman–Crippen LogP) is 0.839. The van der Waals surface area contributed by atoms with Crippen molar-refractivity contribution < 1.29 is 4.79 Å². The highest BCUT2D eigenvalue weighted by Crippen LogP contribution is 2.17. The van der Waals surface area contributed by atoms with Crippen molar-refractivity contribution >= 4 is 17.0 Å². The summed E-state index contributed by atoms with van der Waals surface area (Å²) in [4.78, 5) is 14.3. The molecule has 4 heteroatoms. The van der Waals surface area contributed by atoms with Gasteiger partial charge >= 0.3 is 5.37 Å². The fraction of sp³-hybridized carbons (Fsp3) is 0.857. The molecule has 3 nitrogen and oxygen atoms in total. The van der Waals surface area contributed by atoms with Crippen LogP contribution in [-0.2, 0) is 0 Å². The molecular weight excluding hydrogens is 164 g/mol. The minimum atomic E-state index is -0.319. The highest BCUT2D eigenvalue weighted by atomic mass is 35.5. The highest BCUT2D eigenvalue weighted by molar-refractivity contribution is 6.62. The smallest absolute Gasteiger partial charge is 0.316 e. The molecule has 0 N–H and O–H groups in total. The average molecular weight is 177 g/mol. The molecule has 0 bridgehead atoms. The summed E-state index contributed by atoms with van der Waals surface area (Å²) in [7, 11) is 4.07. The molecule has 0 aromatic rings. The maximum atomic E-state index is 10.5. The van der Waals surface area contributed by atoms with E-state index < -0.39 is 0 Å². The summed E-state index contributed by atoms with van der Waals surface area (Å²) in [5.74, 6) is 0.618. The second kappa shape index (κ2) is 3.41. The Morgan fingerprint density at radius 3 is 2.55 bits per heavy atom. The van der Waals surface area contributed by atoms with Gasteiger partial charge < -0.3 is 9.80 Å². The SMILES string of the molecule is CN(C)CC1CN(C(=O)Cl)C1. The van der Waals surface area contributed by atoms with Crippen LogP contribution < -0.4 is 0 Å². The van der Waals surface area contributed by atoms with Crippen LogP contribution in [-0.4, -0.2) is 48.9 Å². The van der Waals surface area contributed by atoms with Gasteiger partial charge in [0.05, 0.1) is 0 Å². The number of amides is 1. The molecule has 1 amide bonds. The quantitative estimate of drug-likeness (QED) is 0.460. The van der Waals surface area contributed by atoms with Gasteiger partial charge in [-0.25, -0.2) is 0 Å². The van der Waals surface area contributed by atoms with E-state index in [4.69, 9.17) is 11.6 Å². The zero-order valence-electron chi connectivity index (χ0n) is 6.88. The fourth-order valence-corrected chi connectivity index (χ4v) is 1.48. The second-order valence-electron chi connectivity index (χ2n) is 3.29. The van der Waals surface area contributed by atoms with Crippen LogP contribution in [0.15, 0.2) is 0 Å². The first-order valence-corrected chi connectivity index (χ1v) is 4.06. The molecule has 0 spiro atoms. The molecule has 1 saturated heterocycles. The van der Waals surface area contributed by atoms with Gasteiger partial charge in [-0.1, -0.05) is 0 Å². The van der Waals surface area contributed by atoms with Crippen LogP contribution in [0.25, 0.3) is 0 Å². The van der Waals surface area contributed by atoms with E-state index in [0.29, 0.717) is 5.92 Å². The summed E-state index contributed by atoms with van der Waals surface area (Å²) in [6.45, 7) is 2.68. The Hall–Kier alpha value is -0.280. The largest absolute Gasteiger partial charge is 0.328 e. The minimum Gasteiger partial charge on any atom is -0.328 e. The molecule has 1 heterocycles. The average Bonchev–Trinajstić information content (AvgIpc) is 1.75. The third kappa shape index (κ3) is 2.34. The third-order valence-electron chi connectivity index (χ3n) is 1.83. The lowest BCUT2D eigenvalue weighted by Gasteiger charge is -2.38. The first-order valence-electron chi connectivity index (χ1n) is 3.68. The molecule has 1 fully saturated rings. The van der Waals surface area contributed by atoms with Crippen molar-refractivity contribution in [3.8, 4) is 0 Å². The minimum absolute atomic E-state index is 0.319. The van der Waals surface area contributed by atoms with Crippen molar-refractivity contribution in [2.24, 2.45) is 5.92 Å². The van der Waals surface area contributed by atoms with Crippen molar-refractivity contribution in [3.05, 3.63) is 0 Å². The summed E-state index contributed by atoms with van der Waals surface area (Å²) in [6.07, 6.45) is 0. The van der Waals surface area contributed by atoms with Crippen molar-refractivity contribution in [2.45, 2.75) is 0 Å². The van der Waals surface area contributed by atoms with Gasteiger partial charge in [0.2, 0.25) is 0 Å². The van der Waals surface area contributed by atoms with Crippen molar-refractivity contribution in [1.82, 2.24) is 9.80 Å². The highest BCUT2D eigenvalue weighted by Gasteiger charge is 2.29. The lowest BCUT2D eigenvalue weighted by atomic mass is 10.0. The summed E-state index contributed by atoms with van der Waals surface area (Å²) in [6, 6.07) is 0. The summed E-state index contributed by atoms with van der Waals surface area (Å²) in [5, 5.41) is -0.319. The summed E-state index contributed by atoms with van der Waals surface area (Å²) < 4.78 is 0. The van der Waals surface area contributed by atoms with Crippen LogP contribution in [0.3, 0.4) is 0 Å². The Balaban J connectivity index is 2.14. The van der Waals surface area contributed by atoms with Gasteiger partial charge in [-0.15, -0.1) is 0 Å². The third-order valence-corrected chi connectivity index (χ3v) is 2.07. The molecule has 1 rings (SSSR count). The normalized spacial score (nSPS) is 18.7. The number of rotatable bonds is 2. The van der Waals surface area contributed by atoms with E-state index in [9.17, 15) is 4.79 Å². The van der Waals surface area contributed by atoms with Gasteiger partial charge in [-0.05, 0) is 25.7 Å². The number of likely N-dealkylation sites (tertiary alicyclic amines) is 1.